The van der Waals surface area contributed by atoms with Crippen LogP contribution in [0.25, 0.3) is 6.08 Å². The average Bonchev–Trinajstić information content (AvgIpc) is 2.75. The standard InChI is InChI=1S/C10H10O/c1-3-4-8-6-5-7(2)9-10(8)11-9/h3-6H,1-2H3. The highest BCUT2D eigenvalue weighted by Gasteiger charge is 2.25. The molecule has 56 valence electrons. The molecule has 1 heterocycles. The smallest absolute Gasteiger partial charge is 0.177 e. The van der Waals surface area contributed by atoms with Gasteiger partial charge in [-0.3, -0.25) is 0 Å². The van der Waals surface area contributed by atoms with E-state index in [1.54, 1.807) is 0 Å². The van der Waals surface area contributed by atoms with Crippen molar-refractivity contribution in [2.45, 2.75) is 13.8 Å². The molecule has 0 fully saturated rings. The molecule has 0 amide bonds. The molecule has 1 aromatic rings. The zero-order valence-electron chi connectivity index (χ0n) is 6.72. The summed E-state index contributed by atoms with van der Waals surface area (Å²) in [5.41, 5.74) is 2.42. The second-order valence-electron chi connectivity index (χ2n) is 2.73. The molecule has 0 saturated carbocycles. The fraction of sp³-hybridized carbons (Fsp3) is 0.200. The Morgan fingerprint density at radius 2 is 2.09 bits per heavy atom. The number of fused-ring (bicyclic) bond motifs is 1. The minimum Gasteiger partial charge on any atom is -0.449 e. The predicted molar refractivity (Wildman–Crippen MR) is 46.0 cm³/mol. The topological polar surface area (TPSA) is 12.5 Å². The maximum atomic E-state index is 5.30. The summed E-state index contributed by atoms with van der Waals surface area (Å²) in [5.74, 6) is 2.13. The van der Waals surface area contributed by atoms with Crippen LogP contribution in [0.4, 0.5) is 0 Å². The van der Waals surface area contributed by atoms with Crippen molar-refractivity contribution >= 4 is 6.08 Å². The van der Waals surface area contributed by atoms with Gasteiger partial charge in [-0.15, -0.1) is 0 Å². The number of hydrogen-bond donors (Lipinski definition) is 0. The van der Waals surface area contributed by atoms with E-state index in [4.69, 9.17) is 4.74 Å². The summed E-state index contributed by atoms with van der Waals surface area (Å²) in [5, 5.41) is 0. The molecular formula is C10H10O. The van der Waals surface area contributed by atoms with E-state index >= 15 is 0 Å². The van der Waals surface area contributed by atoms with Crippen molar-refractivity contribution in [2.24, 2.45) is 0 Å². The van der Waals surface area contributed by atoms with Crippen LogP contribution in [0.5, 0.6) is 11.5 Å². The maximum absolute atomic E-state index is 5.30. The minimum atomic E-state index is 1.06. The molecule has 0 atom stereocenters. The Bertz CT molecular complexity index is 324. The monoisotopic (exact) mass is 146 g/mol. The maximum Gasteiger partial charge on any atom is 0.177 e. The van der Waals surface area contributed by atoms with Gasteiger partial charge < -0.3 is 4.74 Å². The molecule has 0 aliphatic carbocycles. The van der Waals surface area contributed by atoms with Gasteiger partial charge in [0.15, 0.2) is 11.5 Å². The van der Waals surface area contributed by atoms with Crippen molar-refractivity contribution in [3.63, 3.8) is 0 Å². The number of allylic oxidation sites excluding steroid dienone is 1. The molecule has 2 rings (SSSR count). The molecule has 0 radical (unpaired) electrons. The molecule has 0 bridgehead atoms. The molecule has 0 N–H and O–H groups in total. The van der Waals surface area contributed by atoms with E-state index in [9.17, 15) is 0 Å². The molecule has 11 heavy (non-hydrogen) atoms. The van der Waals surface area contributed by atoms with Gasteiger partial charge in [-0.25, -0.2) is 0 Å². The van der Waals surface area contributed by atoms with E-state index in [1.165, 1.54) is 11.1 Å². The summed E-state index contributed by atoms with van der Waals surface area (Å²) in [7, 11) is 0. The molecule has 0 saturated heterocycles. The Kier molecular flexibility index (Phi) is 1.25. The van der Waals surface area contributed by atoms with E-state index in [-0.39, 0.29) is 0 Å². The first-order valence-corrected chi connectivity index (χ1v) is 3.77. The molecule has 1 aliphatic heterocycles. The van der Waals surface area contributed by atoms with Crippen LogP contribution < -0.4 is 4.74 Å². The van der Waals surface area contributed by atoms with Gasteiger partial charge in [0, 0.05) is 5.56 Å². The van der Waals surface area contributed by atoms with Crippen LogP contribution in [0.15, 0.2) is 18.2 Å². The minimum absolute atomic E-state index is 1.06. The predicted octanol–water partition coefficient (Wildman–Crippen LogP) is 3.13. The van der Waals surface area contributed by atoms with Gasteiger partial charge in [0.1, 0.15) is 0 Å². The molecule has 1 heteroatoms. The Labute approximate surface area is 66.3 Å². The zero-order valence-corrected chi connectivity index (χ0v) is 6.72. The summed E-state index contributed by atoms with van der Waals surface area (Å²) < 4.78 is 5.30. The van der Waals surface area contributed by atoms with Crippen molar-refractivity contribution < 1.29 is 4.74 Å². The van der Waals surface area contributed by atoms with Gasteiger partial charge in [-0.05, 0) is 19.4 Å². The molecule has 0 aromatic heterocycles. The fourth-order valence-corrected chi connectivity index (χ4v) is 1.20. The number of aryl methyl sites for hydroxylation is 1. The first-order chi connectivity index (χ1) is 5.33. The van der Waals surface area contributed by atoms with Crippen LogP contribution in [0.1, 0.15) is 18.1 Å². The summed E-state index contributed by atoms with van der Waals surface area (Å²) in [6, 6.07) is 4.17. The lowest BCUT2D eigenvalue weighted by atomic mass is 10.1. The van der Waals surface area contributed by atoms with Gasteiger partial charge in [0.25, 0.3) is 0 Å². The van der Waals surface area contributed by atoms with Gasteiger partial charge in [-0.2, -0.15) is 0 Å². The summed E-state index contributed by atoms with van der Waals surface area (Å²) in [6.07, 6.45) is 4.08. The molecule has 0 unspecified atom stereocenters. The van der Waals surface area contributed by atoms with Gasteiger partial charge in [0.2, 0.25) is 0 Å². The van der Waals surface area contributed by atoms with Crippen LogP contribution in [0, 0.1) is 6.92 Å². The lowest BCUT2D eigenvalue weighted by Gasteiger charge is -1.86. The number of hydrogen-bond acceptors (Lipinski definition) is 1. The first-order valence-electron chi connectivity index (χ1n) is 3.77. The third-order valence-corrected chi connectivity index (χ3v) is 1.85. The zero-order chi connectivity index (χ0) is 7.84. The Morgan fingerprint density at radius 3 is 2.82 bits per heavy atom. The molecule has 0 spiro atoms. The molecule has 1 aromatic carbocycles. The van der Waals surface area contributed by atoms with Crippen LogP contribution in [-0.2, 0) is 0 Å². The molecular weight excluding hydrogens is 136 g/mol. The largest absolute Gasteiger partial charge is 0.449 e. The highest BCUT2D eigenvalue weighted by atomic mass is 16.6. The van der Waals surface area contributed by atoms with E-state index in [1.807, 2.05) is 13.0 Å². The second-order valence-corrected chi connectivity index (χ2v) is 2.73. The quantitative estimate of drug-likeness (QED) is 0.563. The SMILES string of the molecule is CC=Cc1ccc(C)c2c1O2. The van der Waals surface area contributed by atoms with Crippen molar-refractivity contribution in [3.05, 3.63) is 29.3 Å². The van der Waals surface area contributed by atoms with E-state index in [0.717, 1.165) is 11.5 Å². The average molecular weight is 146 g/mol. The Balaban J connectivity index is 2.48. The third kappa shape index (κ3) is 0.929. The van der Waals surface area contributed by atoms with Crippen molar-refractivity contribution in [3.8, 4) is 11.5 Å². The fourth-order valence-electron chi connectivity index (χ4n) is 1.20. The Morgan fingerprint density at radius 1 is 1.27 bits per heavy atom. The van der Waals surface area contributed by atoms with Crippen LogP contribution in [0.2, 0.25) is 0 Å². The molecule has 1 nitrogen and oxygen atoms in total. The van der Waals surface area contributed by atoms with Gasteiger partial charge in [-0.1, -0.05) is 24.3 Å². The van der Waals surface area contributed by atoms with E-state index < -0.39 is 0 Å². The summed E-state index contributed by atoms with van der Waals surface area (Å²) in [4.78, 5) is 0. The number of rotatable bonds is 1. The van der Waals surface area contributed by atoms with Crippen molar-refractivity contribution in [1.82, 2.24) is 0 Å². The normalized spacial score (nSPS) is 12.9. The Hall–Kier alpha value is -1.24. The number of ether oxygens (including phenoxy) is 1. The first kappa shape index (κ1) is 6.47. The van der Waals surface area contributed by atoms with E-state index in [0.29, 0.717) is 0 Å². The van der Waals surface area contributed by atoms with E-state index in [2.05, 4.69) is 25.1 Å². The molecule has 1 aliphatic rings. The van der Waals surface area contributed by atoms with Crippen molar-refractivity contribution in [1.29, 1.82) is 0 Å². The summed E-state index contributed by atoms with van der Waals surface area (Å²) in [6.45, 7) is 4.07. The lowest BCUT2D eigenvalue weighted by molar-refractivity contribution is 0.646. The summed E-state index contributed by atoms with van der Waals surface area (Å²) >= 11 is 0. The van der Waals surface area contributed by atoms with Crippen LogP contribution in [0.3, 0.4) is 0 Å². The van der Waals surface area contributed by atoms with Crippen molar-refractivity contribution in [2.75, 3.05) is 0 Å². The second kappa shape index (κ2) is 2.12. The van der Waals surface area contributed by atoms with Gasteiger partial charge >= 0.3 is 0 Å². The number of benzene rings is 1. The van der Waals surface area contributed by atoms with Crippen LogP contribution in [-0.4, -0.2) is 0 Å². The van der Waals surface area contributed by atoms with Crippen LogP contribution >= 0.6 is 0 Å². The van der Waals surface area contributed by atoms with Gasteiger partial charge in [0.05, 0.1) is 0 Å². The third-order valence-electron chi connectivity index (χ3n) is 1.85. The highest BCUT2D eigenvalue weighted by Crippen LogP contribution is 2.50. The highest BCUT2D eigenvalue weighted by molar-refractivity contribution is 5.72. The lowest BCUT2D eigenvalue weighted by Crippen LogP contribution is -1.65.